The standard InChI is InChI=1S/C15H19N7/c1-21-10-12(9-17-21)19-15-16-7-11-8-18-22(14(11)20-15)13-5-3-2-4-6-13/h7-10,13H,2-6H2,1H3,(H,16,19,20). The molecule has 0 bridgehead atoms. The number of anilines is 2. The fraction of sp³-hybridized carbons (Fsp3) is 0.467. The fourth-order valence-corrected chi connectivity index (χ4v) is 3.10. The van der Waals surface area contributed by atoms with Crippen molar-refractivity contribution in [1.29, 1.82) is 0 Å². The molecule has 1 saturated carbocycles. The van der Waals surface area contributed by atoms with E-state index < -0.39 is 0 Å². The zero-order valence-corrected chi connectivity index (χ0v) is 12.6. The van der Waals surface area contributed by atoms with Gasteiger partial charge >= 0.3 is 0 Å². The minimum Gasteiger partial charge on any atom is -0.321 e. The van der Waals surface area contributed by atoms with E-state index in [4.69, 9.17) is 0 Å². The number of aryl methyl sites for hydroxylation is 1. The lowest BCUT2D eigenvalue weighted by Gasteiger charge is -2.22. The Morgan fingerprint density at radius 3 is 2.73 bits per heavy atom. The first-order valence-corrected chi connectivity index (χ1v) is 7.75. The molecular formula is C15H19N7. The Hall–Kier alpha value is -2.44. The zero-order valence-electron chi connectivity index (χ0n) is 12.6. The van der Waals surface area contributed by atoms with Crippen LogP contribution < -0.4 is 5.32 Å². The van der Waals surface area contributed by atoms with E-state index in [1.165, 1.54) is 32.1 Å². The van der Waals surface area contributed by atoms with Gasteiger partial charge < -0.3 is 5.32 Å². The third-order valence-electron chi connectivity index (χ3n) is 4.22. The summed E-state index contributed by atoms with van der Waals surface area (Å²) in [7, 11) is 1.88. The van der Waals surface area contributed by atoms with E-state index in [0.29, 0.717) is 12.0 Å². The number of fused-ring (bicyclic) bond motifs is 1. The minimum atomic E-state index is 0.465. The van der Waals surface area contributed by atoms with Gasteiger partial charge in [-0.2, -0.15) is 15.2 Å². The van der Waals surface area contributed by atoms with Crippen molar-refractivity contribution in [1.82, 2.24) is 29.5 Å². The predicted octanol–water partition coefficient (Wildman–Crippen LogP) is 2.81. The Kier molecular flexibility index (Phi) is 3.25. The highest BCUT2D eigenvalue weighted by atomic mass is 15.3. The molecule has 114 valence electrons. The molecule has 0 amide bonds. The third-order valence-corrected chi connectivity index (χ3v) is 4.22. The maximum atomic E-state index is 4.66. The van der Waals surface area contributed by atoms with Gasteiger partial charge in [0.25, 0.3) is 0 Å². The second-order valence-corrected chi connectivity index (χ2v) is 5.88. The van der Waals surface area contributed by atoms with Crippen molar-refractivity contribution < 1.29 is 0 Å². The lowest BCUT2D eigenvalue weighted by Crippen LogP contribution is -2.14. The number of aromatic nitrogens is 6. The molecule has 1 N–H and O–H groups in total. The first-order chi connectivity index (χ1) is 10.8. The molecule has 7 nitrogen and oxygen atoms in total. The summed E-state index contributed by atoms with van der Waals surface area (Å²) in [6, 6.07) is 0.465. The van der Waals surface area contributed by atoms with Gasteiger partial charge in [-0.25, -0.2) is 9.67 Å². The smallest absolute Gasteiger partial charge is 0.229 e. The molecule has 7 heteroatoms. The summed E-state index contributed by atoms with van der Waals surface area (Å²) in [5.74, 6) is 0.582. The molecule has 0 spiro atoms. The Balaban J connectivity index is 1.66. The third kappa shape index (κ3) is 2.43. The summed E-state index contributed by atoms with van der Waals surface area (Å²) < 4.78 is 3.82. The van der Waals surface area contributed by atoms with Gasteiger partial charge in [-0.3, -0.25) is 4.68 Å². The van der Waals surface area contributed by atoms with Gasteiger partial charge in [-0.1, -0.05) is 19.3 Å². The summed E-state index contributed by atoms with van der Waals surface area (Å²) in [5.41, 5.74) is 1.79. The van der Waals surface area contributed by atoms with Crippen LogP contribution in [0.15, 0.2) is 24.8 Å². The molecule has 1 aliphatic rings. The van der Waals surface area contributed by atoms with E-state index in [0.717, 1.165) is 16.7 Å². The van der Waals surface area contributed by atoms with E-state index in [2.05, 4.69) is 30.2 Å². The summed E-state index contributed by atoms with van der Waals surface area (Å²) >= 11 is 0. The van der Waals surface area contributed by atoms with Gasteiger partial charge in [0.05, 0.1) is 29.5 Å². The Labute approximate surface area is 128 Å². The maximum absolute atomic E-state index is 4.66. The van der Waals surface area contributed by atoms with Crippen molar-refractivity contribution in [3.8, 4) is 0 Å². The monoisotopic (exact) mass is 297 g/mol. The van der Waals surface area contributed by atoms with Crippen LogP contribution in [-0.4, -0.2) is 29.5 Å². The summed E-state index contributed by atoms with van der Waals surface area (Å²) in [6.45, 7) is 0. The molecule has 3 aromatic rings. The van der Waals surface area contributed by atoms with E-state index in [-0.39, 0.29) is 0 Å². The predicted molar refractivity (Wildman–Crippen MR) is 83.9 cm³/mol. The molecule has 0 saturated heterocycles. The van der Waals surface area contributed by atoms with Crippen LogP contribution in [0.3, 0.4) is 0 Å². The SMILES string of the molecule is Cn1cc(Nc2ncc3cnn(C4CCCCC4)c3n2)cn1. The Morgan fingerprint density at radius 2 is 1.95 bits per heavy atom. The topological polar surface area (TPSA) is 73.5 Å². The molecule has 3 aromatic heterocycles. The second kappa shape index (κ2) is 5.40. The molecule has 0 aromatic carbocycles. The van der Waals surface area contributed by atoms with Gasteiger partial charge in [0.2, 0.25) is 5.95 Å². The summed E-state index contributed by atoms with van der Waals surface area (Å²) in [6.07, 6.45) is 13.6. The van der Waals surface area contributed by atoms with Gasteiger partial charge in [-0.05, 0) is 12.8 Å². The highest BCUT2D eigenvalue weighted by molar-refractivity contribution is 5.75. The first kappa shape index (κ1) is 13.2. The highest BCUT2D eigenvalue weighted by Gasteiger charge is 2.19. The van der Waals surface area contributed by atoms with Crippen LogP contribution in [0.25, 0.3) is 11.0 Å². The van der Waals surface area contributed by atoms with Gasteiger partial charge in [0, 0.05) is 19.4 Å². The largest absolute Gasteiger partial charge is 0.321 e. The molecule has 1 fully saturated rings. The second-order valence-electron chi connectivity index (χ2n) is 5.88. The molecule has 3 heterocycles. The van der Waals surface area contributed by atoms with Crippen molar-refractivity contribution in [3.05, 3.63) is 24.8 Å². The number of rotatable bonds is 3. The van der Waals surface area contributed by atoms with Gasteiger partial charge in [0.15, 0.2) is 5.65 Å². The Morgan fingerprint density at radius 1 is 1.09 bits per heavy atom. The van der Waals surface area contributed by atoms with Crippen molar-refractivity contribution in [2.45, 2.75) is 38.1 Å². The highest BCUT2D eigenvalue weighted by Crippen LogP contribution is 2.30. The summed E-state index contributed by atoms with van der Waals surface area (Å²) in [5, 5.41) is 12.9. The van der Waals surface area contributed by atoms with Crippen molar-refractivity contribution in [2.75, 3.05) is 5.32 Å². The average molecular weight is 297 g/mol. The van der Waals surface area contributed by atoms with E-state index in [1.54, 1.807) is 10.9 Å². The van der Waals surface area contributed by atoms with Gasteiger partial charge in [-0.15, -0.1) is 0 Å². The minimum absolute atomic E-state index is 0.465. The quantitative estimate of drug-likeness (QED) is 0.804. The van der Waals surface area contributed by atoms with Crippen LogP contribution >= 0.6 is 0 Å². The number of nitrogens with one attached hydrogen (secondary N) is 1. The van der Waals surface area contributed by atoms with Crippen LogP contribution in [0.2, 0.25) is 0 Å². The van der Waals surface area contributed by atoms with Crippen molar-refractivity contribution in [3.63, 3.8) is 0 Å². The number of hydrogen-bond acceptors (Lipinski definition) is 5. The van der Waals surface area contributed by atoms with Crippen molar-refractivity contribution in [2.24, 2.45) is 7.05 Å². The molecule has 0 atom stereocenters. The lowest BCUT2D eigenvalue weighted by atomic mass is 9.96. The number of nitrogens with zero attached hydrogens (tertiary/aromatic N) is 6. The van der Waals surface area contributed by atoms with Crippen LogP contribution in [-0.2, 0) is 7.05 Å². The molecule has 0 unspecified atom stereocenters. The first-order valence-electron chi connectivity index (χ1n) is 7.75. The summed E-state index contributed by atoms with van der Waals surface area (Å²) in [4.78, 5) is 9.01. The molecule has 4 rings (SSSR count). The van der Waals surface area contributed by atoms with Crippen LogP contribution in [0.4, 0.5) is 11.6 Å². The molecule has 0 radical (unpaired) electrons. The average Bonchev–Trinajstić information content (AvgIpc) is 3.14. The van der Waals surface area contributed by atoms with E-state index >= 15 is 0 Å². The van der Waals surface area contributed by atoms with Gasteiger partial charge in [0.1, 0.15) is 0 Å². The molecule has 1 aliphatic carbocycles. The van der Waals surface area contributed by atoms with Crippen LogP contribution in [0.5, 0.6) is 0 Å². The maximum Gasteiger partial charge on any atom is 0.229 e. The van der Waals surface area contributed by atoms with Crippen molar-refractivity contribution >= 4 is 22.7 Å². The number of hydrogen-bond donors (Lipinski definition) is 1. The zero-order chi connectivity index (χ0) is 14.9. The lowest BCUT2D eigenvalue weighted by molar-refractivity contribution is 0.336. The van der Waals surface area contributed by atoms with E-state index in [1.807, 2.05) is 25.6 Å². The Bertz CT molecular complexity index is 782. The normalized spacial score (nSPS) is 16.2. The van der Waals surface area contributed by atoms with Crippen LogP contribution in [0, 0.1) is 0 Å². The van der Waals surface area contributed by atoms with Crippen LogP contribution in [0.1, 0.15) is 38.1 Å². The molecule has 22 heavy (non-hydrogen) atoms. The molecule has 0 aliphatic heterocycles. The molecular weight excluding hydrogens is 278 g/mol. The van der Waals surface area contributed by atoms with E-state index in [9.17, 15) is 0 Å². The fourth-order valence-electron chi connectivity index (χ4n) is 3.10.